The van der Waals surface area contributed by atoms with Gasteiger partial charge in [-0.3, -0.25) is 24.2 Å². The van der Waals surface area contributed by atoms with Gasteiger partial charge in [-0.2, -0.15) is 0 Å². The number of anilines is 1. The van der Waals surface area contributed by atoms with E-state index in [1.807, 2.05) is 18.2 Å². The summed E-state index contributed by atoms with van der Waals surface area (Å²) in [6, 6.07) is 5.92. The van der Waals surface area contributed by atoms with Crippen molar-refractivity contribution in [1.82, 2.24) is 14.8 Å². The van der Waals surface area contributed by atoms with E-state index in [0.29, 0.717) is 13.0 Å². The van der Waals surface area contributed by atoms with Crippen LogP contribution in [0.15, 0.2) is 36.5 Å². The van der Waals surface area contributed by atoms with Crippen molar-refractivity contribution in [1.29, 1.82) is 0 Å². The Hall–Kier alpha value is -2.74. The van der Waals surface area contributed by atoms with Gasteiger partial charge in [-0.1, -0.05) is 38.0 Å². The number of pyridine rings is 1. The van der Waals surface area contributed by atoms with Crippen LogP contribution in [0.1, 0.15) is 45.4 Å². The molecule has 1 aromatic rings. The number of ether oxygens (including phenoxy) is 1. The van der Waals surface area contributed by atoms with Crippen LogP contribution < -0.4 is 4.90 Å². The highest BCUT2D eigenvalue weighted by Crippen LogP contribution is 2.49. The highest BCUT2D eigenvalue weighted by molar-refractivity contribution is 6.06. The number of hydrogen-bond donors (Lipinski definition) is 0. The first-order valence-electron chi connectivity index (χ1n) is 13.7. The Morgan fingerprint density at radius 1 is 1.00 bits per heavy atom. The van der Waals surface area contributed by atoms with Gasteiger partial charge in [0.05, 0.1) is 18.4 Å². The van der Waals surface area contributed by atoms with Gasteiger partial charge in [0.25, 0.3) is 0 Å². The number of imide groups is 1. The second-order valence-corrected chi connectivity index (χ2v) is 10.7. The number of hydrogen-bond acceptors (Lipinski definition) is 7. The molecule has 8 nitrogen and oxygen atoms in total. The lowest BCUT2D eigenvalue weighted by molar-refractivity contribution is -0.155. The highest BCUT2D eigenvalue weighted by Gasteiger charge is 2.56. The Labute approximate surface area is 213 Å². The molecule has 3 aliphatic carbocycles. The van der Waals surface area contributed by atoms with Gasteiger partial charge in [-0.15, -0.1) is 0 Å². The lowest BCUT2D eigenvalue weighted by atomic mass is 9.63. The van der Waals surface area contributed by atoms with Crippen molar-refractivity contribution < 1.29 is 19.1 Å². The van der Waals surface area contributed by atoms with Crippen molar-refractivity contribution >= 4 is 23.6 Å². The summed E-state index contributed by atoms with van der Waals surface area (Å²) in [5.74, 6) is 0.446. The molecule has 2 amide bonds. The topological polar surface area (TPSA) is 83.1 Å². The summed E-state index contributed by atoms with van der Waals surface area (Å²) in [5.41, 5.74) is 0. The maximum atomic E-state index is 13.4. The summed E-state index contributed by atoms with van der Waals surface area (Å²) in [7, 11) is 0. The Morgan fingerprint density at radius 3 is 2.28 bits per heavy atom. The van der Waals surface area contributed by atoms with E-state index in [1.165, 1.54) is 4.90 Å². The van der Waals surface area contributed by atoms with Gasteiger partial charge in [0, 0.05) is 45.3 Å². The molecule has 2 bridgehead atoms. The molecule has 0 N–H and O–H groups in total. The minimum absolute atomic E-state index is 0.0731. The third-order valence-electron chi connectivity index (χ3n) is 8.33. The lowest BCUT2D eigenvalue weighted by Crippen LogP contribution is -2.51. The van der Waals surface area contributed by atoms with E-state index in [-0.39, 0.29) is 48.0 Å². The fraction of sp³-hybridized carbons (Fsp3) is 0.643. The summed E-state index contributed by atoms with van der Waals surface area (Å²) in [6.07, 6.45) is 10.7. The van der Waals surface area contributed by atoms with Crippen LogP contribution in [0.4, 0.5) is 5.82 Å². The molecule has 5 unspecified atom stereocenters. The minimum atomic E-state index is -0.515. The van der Waals surface area contributed by atoms with Crippen molar-refractivity contribution in [2.45, 2.75) is 51.6 Å². The summed E-state index contributed by atoms with van der Waals surface area (Å²) < 4.78 is 5.92. The van der Waals surface area contributed by atoms with Crippen LogP contribution >= 0.6 is 0 Å². The molecule has 1 aromatic heterocycles. The molecule has 3 fully saturated rings. The first-order valence-corrected chi connectivity index (χ1v) is 13.7. The van der Waals surface area contributed by atoms with Crippen LogP contribution in [0.3, 0.4) is 0 Å². The van der Waals surface area contributed by atoms with E-state index < -0.39 is 6.10 Å². The predicted molar refractivity (Wildman–Crippen MR) is 136 cm³/mol. The number of piperazine rings is 1. The number of rotatable bonds is 10. The molecular formula is C28H38N4O4. The van der Waals surface area contributed by atoms with Gasteiger partial charge in [0.1, 0.15) is 11.9 Å². The van der Waals surface area contributed by atoms with Crippen molar-refractivity contribution in [2.75, 3.05) is 44.2 Å². The molecule has 5 aliphatic rings. The molecule has 194 valence electrons. The number of likely N-dealkylation sites (tertiary alicyclic amines) is 1. The van der Waals surface area contributed by atoms with Crippen molar-refractivity contribution in [2.24, 2.45) is 23.7 Å². The monoisotopic (exact) mass is 494 g/mol. The largest absolute Gasteiger partial charge is 0.459 e. The minimum Gasteiger partial charge on any atom is -0.459 e. The zero-order chi connectivity index (χ0) is 25.1. The second kappa shape index (κ2) is 11.1. The number of aromatic nitrogens is 1. The van der Waals surface area contributed by atoms with E-state index in [9.17, 15) is 14.4 Å². The van der Waals surface area contributed by atoms with Crippen LogP contribution in [0.5, 0.6) is 0 Å². The number of carbonyl (C=O) groups excluding carboxylic acids is 3. The van der Waals surface area contributed by atoms with Crippen LogP contribution in [0, 0.1) is 23.7 Å². The van der Waals surface area contributed by atoms with Crippen molar-refractivity contribution in [3.05, 3.63) is 36.5 Å². The number of nitrogens with zero attached hydrogens (tertiary/aromatic N) is 4. The number of amides is 2. The normalized spacial score (nSPS) is 28.5. The maximum Gasteiger partial charge on any atom is 0.306 e. The van der Waals surface area contributed by atoms with E-state index in [0.717, 1.165) is 64.1 Å². The first kappa shape index (κ1) is 24.9. The zero-order valence-electron chi connectivity index (χ0n) is 21.3. The van der Waals surface area contributed by atoms with E-state index in [4.69, 9.17) is 4.74 Å². The molecule has 3 heterocycles. The summed E-state index contributed by atoms with van der Waals surface area (Å²) in [6.45, 7) is 6.05. The zero-order valence-corrected chi connectivity index (χ0v) is 21.3. The molecule has 5 atom stereocenters. The Kier molecular flexibility index (Phi) is 7.70. The number of unbranched alkanes of at least 4 members (excludes halogenated alkanes) is 2. The summed E-state index contributed by atoms with van der Waals surface area (Å²) in [4.78, 5) is 49.8. The number of esters is 1. The first-order chi connectivity index (χ1) is 17.5. The highest BCUT2D eigenvalue weighted by atomic mass is 16.5. The predicted octanol–water partition coefficient (Wildman–Crippen LogP) is 2.89. The van der Waals surface area contributed by atoms with E-state index in [2.05, 4.69) is 33.9 Å². The molecule has 6 rings (SSSR count). The third-order valence-corrected chi connectivity index (χ3v) is 8.33. The number of carbonyl (C=O) groups is 3. The molecule has 2 aliphatic heterocycles. The molecule has 1 saturated carbocycles. The maximum absolute atomic E-state index is 13.4. The van der Waals surface area contributed by atoms with Gasteiger partial charge in [0.15, 0.2) is 0 Å². The Balaban J connectivity index is 1.23. The summed E-state index contributed by atoms with van der Waals surface area (Å²) in [5, 5.41) is 0. The molecule has 36 heavy (non-hydrogen) atoms. The average molecular weight is 495 g/mol. The Bertz CT molecular complexity index is 943. The van der Waals surface area contributed by atoms with Gasteiger partial charge in [-0.25, -0.2) is 4.98 Å². The van der Waals surface area contributed by atoms with Gasteiger partial charge in [-0.05, 0) is 43.2 Å². The fourth-order valence-corrected chi connectivity index (χ4v) is 6.40. The van der Waals surface area contributed by atoms with Gasteiger partial charge in [0.2, 0.25) is 11.8 Å². The molecule has 2 saturated heterocycles. The van der Waals surface area contributed by atoms with Crippen LogP contribution in [-0.4, -0.2) is 77.9 Å². The van der Waals surface area contributed by atoms with Crippen molar-refractivity contribution in [3.8, 4) is 0 Å². The van der Waals surface area contributed by atoms with E-state index in [1.54, 1.807) is 6.20 Å². The van der Waals surface area contributed by atoms with E-state index >= 15 is 0 Å². The summed E-state index contributed by atoms with van der Waals surface area (Å²) >= 11 is 0. The molecule has 0 radical (unpaired) electrons. The van der Waals surface area contributed by atoms with Crippen LogP contribution in [-0.2, 0) is 19.1 Å². The average Bonchev–Trinajstić information content (AvgIpc) is 3.17. The molecule has 0 aromatic carbocycles. The lowest BCUT2D eigenvalue weighted by Gasteiger charge is -2.38. The number of allylic oxidation sites excluding steroid dienone is 2. The molecule has 0 spiro atoms. The Morgan fingerprint density at radius 2 is 1.69 bits per heavy atom. The van der Waals surface area contributed by atoms with Crippen LogP contribution in [0.25, 0.3) is 0 Å². The van der Waals surface area contributed by atoms with Crippen molar-refractivity contribution in [3.63, 3.8) is 0 Å². The molecular weight excluding hydrogens is 456 g/mol. The van der Waals surface area contributed by atoms with Gasteiger partial charge < -0.3 is 9.64 Å². The smallest absolute Gasteiger partial charge is 0.306 e. The van der Waals surface area contributed by atoms with Crippen LogP contribution in [0.2, 0.25) is 0 Å². The SMILES string of the molecule is CCCCCC(=O)OC(CN1CCN(c2ccccn2)CC1)CN1C(=O)C2C3C=CC(CC3)C2C1=O. The molecule has 8 heteroatoms. The third kappa shape index (κ3) is 5.19. The second-order valence-electron chi connectivity index (χ2n) is 10.7. The van der Waals surface area contributed by atoms with Gasteiger partial charge >= 0.3 is 5.97 Å². The quantitative estimate of drug-likeness (QED) is 0.214. The fourth-order valence-electron chi connectivity index (χ4n) is 6.40. The standard InChI is InChI=1S/C28H38N4O4/c1-2-3-4-8-24(33)36-22(18-30-14-16-31(17-15-30)23-7-5-6-13-29-23)19-32-27(34)25-20-9-10-21(12-11-20)26(25)28(32)35/h5-7,9-10,13,20-22,25-26H,2-4,8,11-12,14-19H2,1H3. The number of fused-ring (bicyclic) bond motifs is 1.